The molecule has 0 saturated carbocycles. The van der Waals surface area contributed by atoms with Crippen LogP contribution in [0.3, 0.4) is 0 Å². The monoisotopic (exact) mass is 320 g/mol. The molecule has 0 unspecified atom stereocenters. The van der Waals surface area contributed by atoms with Crippen LogP contribution in [0.25, 0.3) is 0 Å². The summed E-state index contributed by atoms with van der Waals surface area (Å²) in [5, 5.41) is 0. The van der Waals surface area contributed by atoms with Crippen LogP contribution in [0.15, 0.2) is 47.1 Å². The van der Waals surface area contributed by atoms with Crippen LogP contribution in [0, 0.1) is 0 Å². The minimum Gasteiger partial charge on any atom is -0.324 e. The van der Waals surface area contributed by atoms with Gasteiger partial charge in [-0.15, -0.1) is 0 Å². The van der Waals surface area contributed by atoms with Crippen LogP contribution in [0.1, 0.15) is 11.3 Å². The SMILES string of the molecule is CN(Cc1cc(NN)ccn1)Cc1ccccc1Br. The van der Waals surface area contributed by atoms with Gasteiger partial charge in [0.2, 0.25) is 0 Å². The first-order valence-electron chi connectivity index (χ1n) is 6.02. The van der Waals surface area contributed by atoms with Crippen molar-refractivity contribution in [3.63, 3.8) is 0 Å². The average molecular weight is 321 g/mol. The quantitative estimate of drug-likeness (QED) is 0.657. The lowest BCUT2D eigenvalue weighted by molar-refractivity contribution is 0.314. The fraction of sp³-hybridized carbons (Fsp3) is 0.214. The molecule has 5 heteroatoms. The second-order valence-electron chi connectivity index (χ2n) is 4.44. The third kappa shape index (κ3) is 4.02. The minimum absolute atomic E-state index is 0.775. The van der Waals surface area contributed by atoms with Gasteiger partial charge < -0.3 is 5.43 Å². The Balaban J connectivity index is 2.01. The number of nitrogens with zero attached hydrogens (tertiary/aromatic N) is 2. The van der Waals surface area contributed by atoms with Crippen LogP contribution < -0.4 is 11.3 Å². The molecule has 2 aromatic rings. The molecule has 1 aromatic heterocycles. The van der Waals surface area contributed by atoms with Crippen LogP contribution in [0.4, 0.5) is 5.69 Å². The number of pyridine rings is 1. The van der Waals surface area contributed by atoms with Crippen LogP contribution in [-0.4, -0.2) is 16.9 Å². The Labute approximate surface area is 121 Å². The van der Waals surface area contributed by atoms with Crippen molar-refractivity contribution in [2.24, 2.45) is 5.84 Å². The lowest BCUT2D eigenvalue weighted by Crippen LogP contribution is -2.18. The minimum atomic E-state index is 0.775. The van der Waals surface area contributed by atoms with Gasteiger partial charge in [0.05, 0.1) is 11.4 Å². The zero-order valence-electron chi connectivity index (χ0n) is 10.8. The van der Waals surface area contributed by atoms with E-state index in [2.05, 4.69) is 50.4 Å². The van der Waals surface area contributed by atoms with Crippen molar-refractivity contribution in [3.05, 3.63) is 58.3 Å². The number of benzene rings is 1. The average Bonchev–Trinajstić information content (AvgIpc) is 2.41. The lowest BCUT2D eigenvalue weighted by Gasteiger charge is -2.17. The highest BCUT2D eigenvalue weighted by molar-refractivity contribution is 9.10. The molecule has 0 amide bonds. The molecule has 3 N–H and O–H groups in total. The van der Waals surface area contributed by atoms with E-state index in [9.17, 15) is 0 Å². The summed E-state index contributed by atoms with van der Waals surface area (Å²) >= 11 is 3.56. The summed E-state index contributed by atoms with van der Waals surface area (Å²) in [6.07, 6.45) is 1.76. The maximum absolute atomic E-state index is 5.40. The highest BCUT2D eigenvalue weighted by atomic mass is 79.9. The van der Waals surface area contributed by atoms with Gasteiger partial charge in [0, 0.05) is 23.8 Å². The second-order valence-corrected chi connectivity index (χ2v) is 5.30. The van der Waals surface area contributed by atoms with Crippen molar-refractivity contribution in [1.82, 2.24) is 9.88 Å². The van der Waals surface area contributed by atoms with Gasteiger partial charge in [0.1, 0.15) is 0 Å². The molecule has 0 atom stereocenters. The summed E-state index contributed by atoms with van der Waals surface area (Å²) in [5.41, 5.74) is 5.76. The van der Waals surface area contributed by atoms with E-state index in [0.717, 1.165) is 28.9 Å². The number of nitrogens with two attached hydrogens (primary N) is 1. The Morgan fingerprint density at radius 3 is 2.79 bits per heavy atom. The van der Waals surface area contributed by atoms with Crippen molar-refractivity contribution in [2.75, 3.05) is 12.5 Å². The maximum atomic E-state index is 5.40. The van der Waals surface area contributed by atoms with Gasteiger partial charge in [-0.25, -0.2) is 0 Å². The number of hydrogen-bond donors (Lipinski definition) is 2. The number of halogens is 1. The fourth-order valence-electron chi connectivity index (χ4n) is 1.90. The number of nitrogen functional groups attached to an aromatic ring is 1. The van der Waals surface area contributed by atoms with E-state index in [-0.39, 0.29) is 0 Å². The maximum Gasteiger partial charge on any atom is 0.0564 e. The Hall–Kier alpha value is -1.43. The molecule has 4 nitrogen and oxygen atoms in total. The normalized spacial score (nSPS) is 10.7. The highest BCUT2D eigenvalue weighted by Gasteiger charge is 2.05. The van der Waals surface area contributed by atoms with Crippen molar-refractivity contribution in [2.45, 2.75) is 13.1 Å². The van der Waals surface area contributed by atoms with Gasteiger partial charge in [-0.05, 0) is 30.8 Å². The van der Waals surface area contributed by atoms with Crippen molar-refractivity contribution in [1.29, 1.82) is 0 Å². The second kappa shape index (κ2) is 6.65. The number of anilines is 1. The molecule has 1 heterocycles. The summed E-state index contributed by atoms with van der Waals surface area (Å²) in [6.45, 7) is 1.64. The highest BCUT2D eigenvalue weighted by Crippen LogP contribution is 2.18. The third-order valence-electron chi connectivity index (χ3n) is 2.81. The first-order chi connectivity index (χ1) is 9.19. The molecular weight excluding hydrogens is 304 g/mol. The number of hydrogen-bond acceptors (Lipinski definition) is 4. The van der Waals surface area contributed by atoms with Crippen LogP contribution in [-0.2, 0) is 13.1 Å². The first kappa shape index (κ1) is 14.0. The molecule has 19 heavy (non-hydrogen) atoms. The van der Waals surface area contributed by atoms with Crippen LogP contribution in [0.5, 0.6) is 0 Å². The molecule has 0 aliphatic heterocycles. The smallest absolute Gasteiger partial charge is 0.0564 e. The van der Waals surface area contributed by atoms with Gasteiger partial charge in [0.15, 0.2) is 0 Å². The predicted octanol–water partition coefficient (Wildman–Crippen LogP) is 2.76. The molecule has 0 saturated heterocycles. The summed E-state index contributed by atoms with van der Waals surface area (Å²) in [4.78, 5) is 6.55. The molecule has 1 aromatic carbocycles. The number of nitrogens with one attached hydrogen (secondary N) is 1. The Morgan fingerprint density at radius 2 is 2.05 bits per heavy atom. The topological polar surface area (TPSA) is 54.2 Å². The van der Waals surface area contributed by atoms with Crippen molar-refractivity contribution in [3.8, 4) is 0 Å². The van der Waals surface area contributed by atoms with Gasteiger partial charge in [-0.2, -0.15) is 0 Å². The third-order valence-corrected chi connectivity index (χ3v) is 3.59. The summed E-state index contributed by atoms with van der Waals surface area (Å²) < 4.78 is 1.13. The molecular formula is C14H17BrN4. The standard InChI is InChI=1S/C14H17BrN4/c1-19(9-11-4-2-3-5-14(11)15)10-13-8-12(18-16)6-7-17-13/h2-8H,9-10,16H2,1H3,(H,17,18). The van der Waals surface area contributed by atoms with Gasteiger partial charge in [-0.3, -0.25) is 15.7 Å². The number of aromatic nitrogens is 1. The van der Waals surface area contributed by atoms with E-state index in [1.54, 1.807) is 6.20 Å². The zero-order valence-corrected chi connectivity index (χ0v) is 12.4. The molecule has 0 spiro atoms. The summed E-state index contributed by atoms with van der Waals surface area (Å²) in [5.74, 6) is 5.40. The molecule has 0 fully saturated rings. The van der Waals surface area contributed by atoms with Crippen LogP contribution >= 0.6 is 15.9 Å². The molecule has 100 valence electrons. The van der Waals surface area contributed by atoms with Crippen molar-refractivity contribution >= 4 is 21.6 Å². The Bertz CT molecular complexity index is 544. The van der Waals surface area contributed by atoms with E-state index in [1.807, 2.05) is 24.3 Å². The fourth-order valence-corrected chi connectivity index (χ4v) is 2.31. The van der Waals surface area contributed by atoms with E-state index in [4.69, 9.17) is 5.84 Å². The number of hydrazine groups is 1. The van der Waals surface area contributed by atoms with Gasteiger partial charge in [-0.1, -0.05) is 34.1 Å². The first-order valence-corrected chi connectivity index (χ1v) is 6.82. The van der Waals surface area contributed by atoms with Gasteiger partial charge in [0.25, 0.3) is 0 Å². The summed E-state index contributed by atoms with van der Waals surface area (Å²) in [6, 6.07) is 12.0. The van der Waals surface area contributed by atoms with E-state index < -0.39 is 0 Å². The Kier molecular flexibility index (Phi) is 4.90. The molecule has 0 bridgehead atoms. The Morgan fingerprint density at radius 1 is 1.26 bits per heavy atom. The van der Waals surface area contributed by atoms with E-state index in [1.165, 1.54) is 5.56 Å². The largest absolute Gasteiger partial charge is 0.324 e. The zero-order chi connectivity index (χ0) is 13.7. The lowest BCUT2D eigenvalue weighted by atomic mass is 10.2. The molecule has 0 aliphatic rings. The molecule has 0 aliphatic carbocycles. The van der Waals surface area contributed by atoms with Gasteiger partial charge >= 0.3 is 0 Å². The summed E-state index contributed by atoms with van der Waals surface area (Å²) in [7, 11) is 2.07. The van der Waals surface area contributed by atoms with E-state index in [0.29, 0.717) is 0 Å². The molecule has 2 rings (SSSR count). The predicted molar refractivity (Wildman–Crippen MR) is 81.4 cm³/mol. The number of rotatable bonds is 5. The van der Waals surface area contributed by atoms with Crippen molar-refractivity contribution < 1.29 is 0 Å². The van der Waals surface area contributed by atoms with E-state index >= 15 is 0 Å². The molecule has 0 radical (unpaired) electrons. The van der Waals surface area contributed by atoms with Crippen LogP contribution in [0.2, 0.25) is 0 Å².